The summed E-state index contributed by atoms with van der Waals surface area (Å²) in [6.45, 7) is 0. The number of hydrogen-bond acceptors (Lipinski definition) is 3. The predicted octanol–water partition coefficient (Wildman–Crippen LogP) is -0.539. The van der Waals surface area contributed by atoms with E-state index in [4.69, 9.17) is 10.8 Å². The third-order valence-corrected chi connectivity index (χ3v) is 2.16. The highest BCUT2D eigenvalue weighted by molar-refractivity contribution is 5.82. The summed E-state index contributed by atoms with van der Waals surface area (Å²) in [5, 5.41) is 11.1. The van der Waals surface area contributed by atoms with Crippen LogP contribution in [0.3, 0.4) is 0 Å². The van der Waals surface area contributed by atoms with Crippen molar-refractivity contribution in [3.05, 3.63) is 0 Å². The number of aliphatic carboxylic acids is 1. The van der Waals surface area contributed by atoms with Crippen LogP contribution in [-0.4, -0.2) is 29.1 Å². The van der Waals surface area contributed by atoms with Gasteiger partial charge in [-0.3, -0.25) is 9.59 Å². The maximum atomic E-state index is 11.4. The van der Waals surface area contributed by atoms with Gasteiger partial charge in [0.1, 0.15) is 0 Å². The van der Waals surface area contributed by atoms with Gasteiger partial charge in [0.15, 0.2) is 0 Å². The molecule has 0 aromatic heterocycles. The second-order valence-electron chi connectivity index (χ2n) is 3.46. The zero-order chi connectivity index (χ0) is 11.3. The highest BCUT2D eigenvalue weighted by Crippen LogP contribution is 2.03. The fourth-order valence-electron chi connectivity index (χ4n) is 1.28. The number of carboxylic acids is 1. The van der Waals surface area contributed by atoms with Gasteiger partial charge in [-0.15, -0.1) is 5.92 Å². The van der Waals surface area contributed by atoms with E-state index in [9.17, 15) is 9.59 Å². The second kappa shape index (κ2) is 5.37. The van der Waals surface area contributed by atoms with Crippen molar-refractivity contribution in [1.82, 2.24) is 5.32 Å². The van der Waals surface area contributed by atoms with Gasteiger partial charge in [0.05, 0.1) is 12.1 Å². The molecule has 1 aliphatic carbocycles. The molecule has 0 saturated carbocycles. The van der Waals surface area contributed by atoms with Gasteiger partial charge in [0, 0.05) is 12.8 Å². The van der Waals surface area contributed by atoms with Gasteiger partial charge in [-0.1, -0.05) is 5.92 Å². The molecule has 0 heterocycles. The largest absolute Gasteiger partial charge is 0.481 e. The van der Waals surface area contributed by atoms with E-state index in [1.54, 1.807) is 0 Å². The van der Waals surface area contributed by atoms with Gasteiger partial charge in [0.2, 0.25) is 5.91 Å². The number of carbonyl (C=O) groups is 2. The van der Waals surface area contributed by atoms with Crippen molar-refractivity contribution in [2.24, 2.45) is 5.73 Å². The van der Waals surface area contributed by atoms with E-state index in [2.05, 4.69) is 17.2 Å². The van der Waals surface area contributed by atoms with E-state index in [0.29, 0.717) is 0 Å². The summed E-state index contributed by atoms with van der Waals surface area (Å²) < 4.78 is 0. The molecule has 82 valence electrons. The Balaban J connectivity index is 2.27. The normalized spacial score (nSPS) is 20.2. The van der Waals surface area contributed by atoms with Crippen LogP contribution >= 0.6 is 0 Å². The monoisotopic (exact) mass is 210 g/mol. The molecule has 0 radical (unpaired) electrons. The van der Waals surface area contributed by atoms with E-state index < -0.39 is 12.0 Å². The highest BCUT2D eigenvalue weighted by Gasteiger charge is 2.18. The molecule has 0 saturated heterocycles. The first kappa shape index (κ1) is 11.5. The average molecular weight is 210 g/mol. The van der Waals surface area contributed by atoms with Crippen LogP contribution in [0.1, 0.15) is 25.7 Å². The molecule has 5 heteroatoms. The highest BCUT2D eigenvalue weighted by atomic mass is 16.4. The number of rotatable bonds is 5. The lowest BCUT2D eigenvalue weighted by Crippen LogP contribution is -2.44. The van der Waals surface area contributed by atoms with Gasteiger partial charge >= 0.3 is 5.97 Å². The van der Waals surface area contributed by atoms with Crippen LogP contribution in [0.2, 0.25) is 0 Å². The smallest absolute Gasteiger partial charge is 0.303 e. The van der Waals surface area contributed by atoms with Crippen molar-refractivity contribution in [1.29, 1.82) is 0 Å². The molecule has 15 heavy (non-hydrogen) atoms. The Hall–Kier alpha value is -1.54. The maximum absolute atomic E-state index is 11.4. The molecule has 0 aromatic carbocycles. The molecule has 2 unspecified atom stereocenters. The summed E-state index contributed by atoms with van der Waals surface area (Å²) in [7, 11) is 0. The first-order valence-corrected chi connectivity index (χ1v) is 4.85. The zero-order valence-electron chi connectivity index (χ0n) is 8.32. The number of amides is 1. The Morgan fingerprint density at radius 2 is 2.33 bits per heavy atom. The van der Waals surface area contributed by atoms with Gasteiger partial charge in [-0.25, -0.2) is 0 Å². The predicted molar refractivity (Wildman–Crippen MR) is 53.8 cm³/mol. The average Bonchev–Trinajstić information content (AvgIpc) is 2.66. The van der Waals surface area contributed by atoms with Gasteiger partial charge in [-0.05, 0) is 12.8 Å². The number of carboxylic acid groups (broad SMARTS) is 1. The molecule has 1 amide bonds. The third-order valence-electron chi connectivity index (χ3n) is 2.16. The van der Waals surface area contributed by atoms with Crippen LogP contribution in [0, 0.1) is 11.8 Å². The fourth-order valence-corrected chi connectivity index (χ4v) is 1.28. The molecule has 0 aliphatic heterocycles. The second-order valence-corrected chi connectivity index (χ2v) is 3.46. The first-order valence-electron chi connectivity index (χ1n) is 4.85. The molecule has 4 N–H and O–H groups in total. The Labute approximate surface area is 88.0 Å². The van der Waals surface area contributed by atoms with Crippen molar-refractivity contribution in [3.8, 4) is 11.8 Å². The molecule has 0 aromatic rings. The molecule has 5 nitrogen and oxygen atoms in total. The maximum Gasteiger partial charge on any atom is 0.303 e. The minimum absolute atomic E-state index is 0.0923. The summed E-state index contributed by atoms with van der Waals surface area (Å²) in [5.74, 6) is 4.45. The van der Waals surface area contributed by atoms with E-state index in [1.165, 1.54) is 0 Å². The Kier molecular flexibility index (Phi) is 4.13. The summed E-state index contributed by atoms with van der Waals surface area (Å²) in [6.07, 6.45) is 1.64. The van der Waals surface area contributed by atoms with Crippen LogP contribution in [0.4, 0.5) is 0 Å². The molecular formula is C10H14N2O3. The van der Waals surface area contributed by atoms with Crippen molar-refractivity contribution in [2.45, 2.75) is 37.8 Å². The lowest BCUT2D eigenvalue weighted by Gasteiger charge is -2.13. The van der Waals surface area contributed by atoms with E-state index in [-0.39, 0.29) is 24.8 Å². The molecule has 1 rings (SSSR count). The van der Waals surface area contributed by atoms with E-state index in [0.717, 1.165) is 12.8 Å². The Bertz CT molecular complexity index is 316. The van der Waals surface area contributed by atoms with Crippen molar-refractivity contribution in [2.75, 3.05) is 0 Å². The van der Waals surface area contributed by atoms with Crippen LogP contribution < -0.4 is 11.1 Å². The van der Waals surface area contributed by atoms with Gasteiger partial charge < -0.3 is 16.2 Å². The van der Waals surface area contributed by atoms with Crippen molar-refractivity contribution >= 4 is 11.9 Å². The topological polar surface area (TPSA) is 92.4 Å². The van der Waals surface area contributed by atoms with Crippen LogP contribution in [0.25, 0.3) is 0 Å². The number of hydrogen-bond donors (Lipinski definition) is 3. The van der Waals surface area contributed by atoms with E-state index in [1.807, 2.05) is 0 Å². The summed E-state index contributed by atoms with van der Waals surface area (Å²) in [6, 6.07) is -0.878. The summed E-state index contributed by atoms with van der Waals surface area (Å²) >= 11 is 0. The first-order chi connectivity index (χ1) is 7.09. The number of nitrogens with one attached hydrogen (secondary N) is 1. The summed E-state index contributed by atoms with van der Waals surface area (Å²) in [4.78, 5) is 21.7. The Morgan fingerprint density at radius 1 is 1.60 bits per heavy atom. The molecule has 0 fully saturated rings. The van der Waals surface area contributed by atoms with Gasteiger partial charge in [-0.2, -0.15) is 0 Å². The van der Waals surface area contributed by atoms with E-state index >= 15 is 0 Å². The lowest BCUT2D eigenvalue weighted by atomic mass is 10.1. The molecule has 0 bridgehead atoms. The molecule has 2 atom stereocenters. The molecule has 1 aliphatic rings. The van der Waals surface area contributed by atoms with Crippen LogP contribution in [0.15, 0.2) is 0 Å². The zero-order valence-corrected chi connectivity index (χ0v) is 8.32. The fraction of sp³-hybridized carbons (Fsp3) is 0.600. The molecule has 0 spiro atoms. The molecular weight excluding hydrogens is 196 g/mol. The quantitative estimate of drug-likeness (QED) is 0.531. The Morgan fingerprint density at radius 3 is 2.87 bits per heavy atom. The lowest BCUT2D eigenvalue weighted by molar-refractivity contribution is -0.137. The van der Waals surface area contributed by atoms with Crippen molar-refractivity contribution in [3.63, 3.8) is 0 Å². The summed E-state index contributed by atoms with van der Waals surface area (Å²) in [5.41, 5.74) is 5.52. The third kappa shape index (κ3) is 4.00. The van der Waals surface area contributed by atoms with Crippen molar-refractivity contribution < 1.29 is 14.7 Å². The van der Waals surface area contributed by atoms with Crippen LogP contribution in [-0.2, 0) is 9.59 Å². The SMILES string of the molecule is NC(CCC(=O)O)C(=O)NC1C#CCC1. The van der Waals surface area contributed by atoms with Crippen LogP contribution in [0.5, 0.6) is 0 Å². The minimum atomic E-state index is -0.945. The minimum Gasteiger partial charge on any atom is -0.481 e. The standard InChI is InChI=1S/C10H14N2O3/c11-8(5-6-9(13)14)10(15)12-7-3-1-2-4-7/h7-8H,1,3,5-6,11H2,(H,12,15)(H,13,14). The number of nitrogens with two attached hydrogens (primary N) is 1. The number of carbonyl (C=O) groups excluding carboxylic acids is 1. The van der Waals surface area contributed by atoms with Gasteiger partial charge in [0.25, 0.3) is 0 Å².